The lowest BCUT2D eigenvalue weighted by atomic mass is 9.93. The molecule has 0 bridgehead atoms. The van der Waals surface area contributed by atoms with Crippen LogP contribution in [0.2, 0.25) is 0 Å². The Hall–Kier alpha value is -1.81. The fourth-order valence-corrected chi connectivity index (χ4v) is 2.57. The first-order valence-corrected chi connectivity index (χ1v) is 7.65. The largest absolute Gasteiger partial charge is 0.464 e. The highest BCUT2D eigenvalue weighted by molar-refractivity contribution is 5.88. The van der Waals surface area contributed by atoms with Gasteiger partial charge in [0.2, 0.25) is 5.91 Å². The SMILES string of the molecule is Cc1cc2occ(CC(=O)N(C)CC(C)(C)CN)c2cc1C. The Labute approximate surface area is 132 Å². The van der Waals surface area contributed by atoms with Gasteiger partial charge in [-0.15, -0.1) is 0 Å². The van der Waals surface area contributed by atoms with Crippen molar-refractivity contribution in [1.29, 1.82) is 0 Å². The smallest absolute Gasteiger partial charge is 0.226 e. The number of benzene rings is 1. The highest BCUT2D eigenvalue weighted by atomic mass is 16.3. The number of aryl methyl sites for hydroxylation is 2. The van der Waals surface area contributed by atoms with Crippen molar-refractivity contribution in [3.05, 3.63) is 35.1 Å². The number of nitrogens with two attached hydrogens (primary N) is 1. The van der Waals surface area contributed by atoms with E-state index < -0.39 is 0 Å². The van der Waals surface area contributed by atoms with Gasteiger partial charge in [-0.3, -0.25) is 4.79 Å². The van der Waals surface area contributed by atoms with Crippen LogP contribution >= 0.6 is 0 Å². The van der Waals surface area contributed by atoms with Crippen molar-refractivity contribution >= 4 is 16.9 Å². The number of rotatable bonds is 5. The highest BCUT2D eigenvalue weighted by Gasteiger charge is 2.22. The molecule has 0 spiro atoms. The Morgan fingerprint density at radius 1 is 1.27 bits per heavy atom. The predicted octanol–water partition coefficient (Wildman–Crippen LogP) is 3.04. The molecule has 0 aliphatic rings. The minimum Gasteiger partial charge on any atom is -0.464 e. The molecule has 4 heteroatoms. The maximum Gasteiger partial charge on any atom is 0.226 e. The molecule has 0 radical (unpaired) electrons. The predicted molar refractivity (Wildman–Crippen MR) is 89.9 cm³/mol. The number of nitrogens with zero attached hydrogens (tertiary/aromatic N) is 1. The van der Waals surface area contributed by atoms with Gasteiger partial charge in [0.25, 0.3) is 0 Å². The van der Waals surface area contributed by atoms with Gasteiger partial charge in [-0.2, -0.15) is 0 Å². The van der Waals surface area contributed by atoms with Crippen molar-refractivity contribution in [3.63, 3.8) is 0 Å². The molecule has 1 heterocycles. The molecule has 1 aromatic heterocycles. The van der Waals surface area contributed by atoms with Crippen LogP contribution in [0.4, 0.5) is 0 Å². The van der Waals surface area contributed by atoms with E-state index in [0.29, 0.717) is 19.5 Å². The molecule has 0 unspecified atom stereocenters. The minimum absolute atomic E-state index is 0.0728. The van der Waals surface area contributed by atoms with Gasteiger partial charge in [-0.25, -0.2) is 0 Å². The molecular weight excluding hydrogens is 276 g/mol. The number of furan rings is 1. The first-order chi connectivity index (χ1) is 10.2. The maximum absolute atomic E-state index is 12.4. The zero-order chi connectivity index (χ0) is 16.5. The quantitative estimate of drug-likeness (QED) is 0.923. The molecule has 120 valence electrons. The van der Waals surface area contributed by atoms with Crippen LogP contribution in [0.3, 0.4) is 0 Å². The summed E-state index contributed by atoms with van der Waals surface area (Å²) in [6, 6.07) is 4.13. The first-order valence-electron chi connectivity index (χ1n) is 7.65. The Morgan fingerprint density at radius 3 is 2.55 bits per heavy atom. The van der Waals surface area contributed by atoms with E-state index in [2.05, 4.69) is 33.8 Å². The Balaban J connectivity index is 2.17. The van der Waals surface area contributed by atoms with Crippen molar-refractivity contribution < 1.29 is 9.21 Å². The van der Waals surface area contributed by atoms with Gasteiger partial charge in [0.05, 0.1) is 12.7 Å². The lowest BCUT2D eigenvalue weighted by molar-refractivity contribution is -0.130. The molecule has 0 saturated carbocycles. The van der Waals surface area contributed by atoms with Crippen molar-refractivity contribution in [2.24, 2.45) is 11.1 Å². The molecule has 2 rings (SSSR count). The van der Waals surface area contributed by atoms with Crippen molar-refractivity contribution in [3.8, 4) is 0 Å². The second kappa shape index (κ2) is 6.13. The van der Waals surface area contributed by atoms with E-state index in [1.165, 1.54) is 11.1 Å². The summed E-state index contributed by atoms with van der Waals surface area (Å²) in [6.45, 7) is 9.47. The zero-order valence-corrected chi connectivity index (χ0v) is 14.2. The van der Waals surface area contributed by atoms with Gasteiger partial charge in [0.1, 0.15) is 5.58 Å². The number of fused-ring (bicyclic) bond motifs is 1. The number of hydrogen-bond acceptors (Lipinski definition) is 3. The average molecular weight is 302 g/mol. The second-order valence-electron chi connectivity index (χ2n) is 6.99. The third-order valence-electron chi connectivity index (χ3n) is 4.26. The van der Waals surface area contributed by atoms with E-state index in [1.807, 2.05) is 13.1 Å². The van der Waals surface area contributed by atoms with Crippen LogP contribution in [-0.2, 0) is 11.2 Å². The van der Waals surface area contributed by atoms with Gasteiger partial charge in [-0.05, 0) is 49.1 Å². The Morgan fingerprint density at radius 2 is 1.91 bits per heavy atom. The molecule has 0 atom stereocenters. The van der Waals surface area contributed by atoms with E-state index in [0.717, 1.165) is 16.5 Å². The van der Waals surface area contributed by atoms with Crippen molar-refractivity contribution in [1.82, 2.24) is 4.90 Å². The third kappa shape index (κ3) is 3.50. The van der Waals surface area contributed by atoms with Crippen LogP contribution in [0.5, 0.6) is 0 Å². The second-order valence-corrected chi connectivity index (χ2v) is 6.99. The summed E-state index contributed by atoms with van der Waals surface area (Å²) in [5.74, 6) is 0.0856. The molecule has 0 aliphatic heterocycles. The van der Waals surface area contributed by atoms with Gasteiger partial charge in [-0.1, -0.05) is 13.8 Å². The molecule has 4 nitrogen and oxygen atoms in total. The normalized spacial score (nSPS) is 11.9. The van der Waals surface area contributed by atoms with Crippen LogP contribution in [-0.4, -0.2) is 30.9 Å². The minimum atomic E-state index is -0.0728. The maximum atomic E-state index is 12.4. The van der Waals surface area contributed by atoms with E-state index in [4.69, 9.17) is 10.2 Å². The van der Waals surface area contributed by atoms with Crippen LogP contribution in [0.1, 0.15) is 30.5 Å². The van der Waals surface area contributed by atoms with Gasteiger partial charge in [0.15, 0.2) is 0 Å². The first kappa shape index (κ1) is 16.6. The fourth-order valence-electron chi connectivity index (χ4n) is 2.57. The molecule has 0 aliphatic carbocycles. The summed E-state index contributed by atoms with van der Waals surface area (Å²) in [7, 11) is 1.83. The molecule has 0 saturated heterocycles. The molecular formula is C18H26N2O2. The van der Waals surface area contributed by atoms with E-state index in [-0.39, 0.29) is 11.3 Å². The van der Waals surface area contributed by atoms with Crippen LogP contribution in [0.15, 0.2) is 22.8 Å². The van der Waals surface area contributed by atoms with Crippen molar-refractivity contribution in [2.75, 3.05) is 20.1 Å². The fraction of sp³-hybridized carbons (Fsp3) is 0.500. The van der Waals surface area contributed by atoms with Gasteiger partial charge in [0, 0.05) is 24.5 Å². The molecule has 2 aromatic rings. The summed E-state index contributed by atoms with van der Waals surface area (Å²) in [5, 5.41) is 1.03. The Kier molecular flexibility index (Phi) is 4.61. The monoisotopic (exact) mass is 302 g/mol. The lowest BCUT2D eigenvalue weighted by Gasteiger charge is -2.29. The zero-order valence-electron chi connectivity index (χ0n) is 14.2. The van der Waals surface area contributed by atoms with E-state index >= 15 is 0 Å². The summed E-state index contributed by atoms with van der Waals surface area (Å²) in [6.07, 6.45) is 2.05. The number of hydrogen-bond donors (Lipinski definition) is 1. The molecule has 1 aromatic carbocycles. The van der Waals surface area contributed by atoms with E-state index in [1.54, 1.807) is 11.2 Å². The average Bonchev–Trinajstić information content (AvgIpc) is 2.81. The van der Waals surface area contributed by atoms with Crippen LogP contribution < -0.4 is 5.73 Å². The molecule has 22 heavy (non-hydrogen) atoms. The highest BCUT2D eigenvalue weighted by Crippen LogP contribution is 2.25. The van der Waals surface area contributed by atoms with E-state index in [9.17, 15) is 4.79 Å². The lowest BCUT2D eigenvalue weighted by Crippen LogP contribution is -2.40. The number of carbonyl (C=O) groups is 1. The molecule has 0 fully saturated rings. The summed E-state index contributed by atoms with van der Waals surface area (Å²) >= 11 is 0. The summed E-state index contributed by atoms with van der Waals surface area (Å²) in [5.41, 5.74) is 9.86. The standard InChI is InChI=1S/C18H26N2O2/c1-12-6-15-14(9-22-16(15)7-13(12)2)8-17(21)20(5)11-18(3,4)10-19/h6-7,9H,8,10-11,19H2,1-5H3. The summed E-state index contributed by atoms with van der Waals surface area (Å²) < 4.78 is 5.60. The van der Waals surface area contributed by atoms with Gasteiger partial charge >= 0.3 is 0 Å². The molecule has 1 amide bonds. The number of amides is 1. The van der Waals surface area contributed by atoms with Crippen LogP contribution in [0.25, 0.3) is 11.0 Å². The van der Waals surface area contributed by atoms with Crippen LogP contribution in [0, 0.1) is 19.3 Å². The third-order valence-corrected chi connectivity index (χ3v) is 4.26. The Bertz CT molecular complexity index is 686. The summed E-state index contributed by atoms with van der Waals surface area (Å²) in [4.78, 5) is 14.2. The van der Waals surface area contributed by atoms with Gasteiger partial charge < -0.3 is 15.1 Å². The van der Waals surface area contributed by atoms with Crippen molar-refractivity contribution in [2.45, 2.75) is 34.1 Å². The molecule has 2 N–H and O–H groups in total. The number of likely N-dealkylation sites (N-methyl/N-ethyl adjacent to an activating group) is 1. The topological polar surface area (TPSA) is 59.5 Å². The number of carbonyl (C=O) groups excluding carboxylic acids is 1.